The molecule has 2 rings (SSSR count). The van der Waals surface area contributed by atoms with Gasteiger partial charge in [-0.3, -0.25) is 19.3 Å². The summed E-state index contributed by atoms with van der Waals surface area (Å²) in [6, 6.07) is 7.22. The summed E-state index contributed by atoms with van der Waals surface area (Å²) < 4.78 is 0.894. The maximum Gasteiger partial charge on any atom is 0.240 e. The Hall–Kier alpha value is -1.69. The summed E-state index contributed by atoms with van der Waals surface area (Å²) in [5.41, 5.74) is 4.88. The first-order valence-corrected chi connectivity index (χ1v) is 6.53. The van der Waals surface area contributed by atoms with Gasteiger partial charge in [0.1, 0.15) is 6.54 Å². The number of nitrogens with zero attached hydrogens (tertiary/aromatic N) is 1. The van der Waals surface area contributed by atoms with E-state index in [-0.39, 0.29) is 24.8 Å². The minimum atomic E-state index is -0.923. The highest BCUT2D eigenvalue weighted by Crippen LogP contribution is 2.36. The van der Waals surface area contributed by atoms with Crippen LogP contribution in [0.3, 0.4) is 0 Å². The molecule has 1 aliphatic rings. The third-order valence-electron chi connectivity index (χ3n) is 3.32. The molecule has 1 aromatic carbocycles. The van der Waals surface area contributed by atoms with Gasteiger partial charge in [-0.15, -0.1) is 0 Å². The average molecular weight is 325 g/mol. The summed E-state index contributed by atoms with van der Waals surface area (Å²) >= 11 is 3.32. The van der Waals surface area contributed by atoms with Crippen LogP contribution in [-0.2, 0) is 19.8 Å². The van der Waals surface area contributed by atoms with Crippen molar-refractivity contribution in [2.75, 3.05) is 6.54 Å². The molecule has 19 heavy (non-hydrogen) atoms. The van der Waals surface area contributed by atoms with Crippen LogP contribution in [0, 0.1) is 0 Å². The fourth-order valence-electron chi connectivity index (χ4n) is 2.24. The Labute approximate surface area is 118 Å². The number of nitrogens with two attached hydrogens (primary N) is 1. The molecule has 1 atom stereocenters. The first-order chi connectivity index (χ1) is 8.84. The van der Waals surface area contributed by atoms with Crippen molar-refractivity contribution in [3.05, 3.63) is 34.3 Å². The van der Waals surface area contributed by atoms with E-state index >= 15 is 0 Å². The zero-order valence-electron chi connectivity index (χ0n) is 10.4. The molecule has 1 aliphatic heterocycles. The lowest BCUT2D eigenvalue weighted by Crippen LogP contribution is -2.41. The Morgan fingerprint density at radius 2 is 1.95 bits per heavy atom. The zero-order chi connectivity index (χ0) is 14.2. The van der Waals surface area contributed by atoms with E-state index in [4.69, 9.17) is 5.73 Å². The van der Waals surface area contributed by atoms with E-state index in [0.717, 1.165) is 14.9 Å². The molecule has 0 aliphatic carbocycles. The molecule has 5 nitrogen and oxygen atoms in total. The molecule has 2 N–H and O–H groups in total. The van der Waals surface area contributed by atoms with Gasteiger partial charge >= 0.3 is 0 Å². The minimum absolute atomic E-state index is 0.0563. The average Bonchev–Trinajstić information content (AvgIpc) is 2.54. The van der Waals surface area contributed by atoms with Crippen LogP contribution in [0.1, 0.15) is 18.9 Å². The highest BCUT2D eigenvalue weighted by molar-refractivity contribution is 9.10. The quantitative estimate of drug-likeness (QED) is 0.840. The number of halogens is 1. The van der Waals surface area contributed by atoms with Crippen LogP contribution in [0.15, 0.2) is 28.7 Å². The van der Waals surface area contributed by atoms with E-state index in [1.165, 1.54) is 0 Å². The standard InChI is InChI=1S/C13H13BrN2O3/c1-13(8-2-4-9(14)5-3-8)6-11(18)16(12(13)19)7-10(15)17/h2-5H,6-7H2,1H3,(H2,15,17)/t13-/m0/s1. The lowest BCUT2D eigenvalue weighted by molar-refractivity contribution is -0.142. The topological polar surface area (TPSA) is 80.5 Å². The van der Waals surface area contributed by atoms with Crippen LogP contribution in [0.4, 0.5) is 0 Å². The molecule has 0 aromatic heterocycles. The number of carbonyl (C=O) groups is 3. The van der Waals surface area contributed by atoms with Crippen molar-refractivity contribution in [2.45, 2.75) is 18.8 Å². The lowest BCUT2D eigenvalue weighted by atomic mass is 9.81. The summed E-state index contributed by atoms with van der Waals surface area (Å²) in [7, 11) is 0. The van der Waals surface area contributed by atoms with E-state index in [1.54, 1.807) is 19.1 Å². The number of primary amides is 1. The molecule has 3 amide bonds. The smallest absolute Gasteiger partial charge is 0.240 e. The summed E-state index contributed by atoms with van der Waals surface area (Å²) in [5, 5.41) is 0. The molecule has 0 radical (unpaired) electrons. The van der Waals surface area contributed by atoms with Gasteiger partial charge in [-0.05, 0) is 24.6 Å². The number of hydrogen-bond donors (Lipinski definition) is 1. The van der Waals surface area contributed by atoms with E-state index in [0.29, 0.717) is 0 Å². The molecule has 0 saturated carbocycles. The van der Waals surface area contributed by atoms with Gasteiger partial charge in [0.05, 0.1) is 5.41 Å². The fraction of sp³-hybridized carbons (Fsp3) is 0.308. The largest absolute Gasteiger partial charge is 0.368 e. The number of likely N-dealkylation sites (tertiary alicyclic amines) is 1. The van der Waals surface area contributed by atoms with Gasteiger partial charge < -0.3 is 5.73 Å². The number of carbonyl (C=O) groups excluding carboxylic acids is 3. The van der Waals surface area contributed by atoms with Crippen molar-refractivity contribution in [1.29, 1.82) is 0 Å². The Bertz CT molecular complexity index is 556. The monoisotopic (exact) mass is 324 g/mol. The third-order valence-corrected chi connectivity index (χ3v) is 3.85. The van der Waals surface area contributed by atoms with Crippen molar-refractivity contribution >= 4 is 33.7 Å². The number of amides is 3. The van der Waals surface area contributed by atoms with Gasteiger partial charge in [0.2, 0.25) is 17.7 Å². The fourth-order valence-corrected chi connectivity index (χ4v) is 2.51. The lowest BCUT2D eigenvalue weighted by Gasteiger charge is -2.22. The Morgan fingerprint density at radius 3 is 2.47 bits per heavy atom. The van der Waals surface area contributed by atoms with Gasteiger partial charge in [0.25, 0.3) is 0 Å². The van der Waals surface area contributed by atoms with Crippen molar-refractivity contribution < 1.29 is 14.4 Å². The highest BCUT2D eigenvalue weighted by Gasteiger charge is 2.49. The molecular formula is C13H13BrN2O3. The van der Waals surface area contributed by atoms with Crippen LogP contribution >= 0.6 is 15.9 Å². The van der Waals surface area contributed by atoms with E-state index in [2.05, 4.69) is 15.9 Å². The van der Waals surface area contributed by atoms with Crippen LogP contribution in [-0.4, -0.2) is 29.2 Å². The molecule has 100 valence electrons. The van der Waals surface area contributed by atoms with Crippen molar-refractivity contribution in [1.82, 2.24) is 4.90 Å². The number of hydrogen-bond acceptors (Lipinski definition) is 3. The SMILES string of the molecule is C[C@@]1(c2ccc(Br)cc2)CC(=O)N(CC(N)=O)C1=O. The second-order valence-electron chi connectivity index (χ2n) is 4.77. The van der Waals surface area contributed by atoms with Crippen LogP contribution < -0.4 is 5.73 Å². The molecule has 0 bridgehead atoms. The summed E-state index contributed by atoms with van der Waals surface area (Å²) in [5.74, 6) is -1.44. The molecule has 1 saturated heterocycles. The Morgan fingerprint density at radius 1 is 1.37 bits per heavy atom. The van der Waals surface area contributed by atoms with E-state index in [1.807, 2.05) is 12.1 Å². The van der Waals surface area contributed by atoms with Gasteiger partial charge in [0, 0.05) is 10.9 Å². The maximum absolute atomic E-state index is 12.3. The Kier molecular flexibility index (Phi) is 3.45. The normalized spacial score (nSPS) is 22.9. The number of benzene rings is 1. The second-order valence-corrected chi connectivity index (χ2v) is 5.68. The van der Waals surface area contributed by atoms with Gasteiger partial charge in [-0.2, -0.15) is 0 Å². The minimum Gasteiger partial charge on any atom is -0.368 e. The first kappa shape index (κ1) is 13.7. The van der Waals surface area contributed by atoms with Crippen molar-refractivity contribution in [2.24, 2.45) is 5.73 Å². The number of imide groups is 1. The van der Waals surface area contributed by atoms with Crippen molar-refractivity contribution in [3.63, 3.8) is 0 Å². The predicted molar refractivity (Wildman–Crippen MR) is 72.0 cm³/mol. The second kappa shape index (κ2) is 4.77. The van der Waals surface area contributed by atoms with Crippen LogP contribution in [0.25, 0.3) is 0 Å². The molecule has 1 heterocycles. The third kappa shape index (κ3) is 2.40. The van der Waals surface area contributed by atoms with Crippen molar-refractivity contribution in [3.8, 4) is 0 Å². The predicted octanol–water partition coefficient (Wildman–Crippen LogP) is 0.951. The summed E-state index contributed by atoms with van der Waals surface area (Å²) in [4.78, 5) is 36.1. The van der Waals surface area contributed by atoms with Gasteiger partial charge in [0.15, 0.2) is 0 Å². The molecule has 6 heteroatoms. The first-order valence-electron chi connectivity index (χ1n) is 5.74. The van der Waals surface area contributed by atoms with Crippen LogP contribution in [0.5, 0.6) is 0 Å². The summed E-state index contributed by atoms with van der Waals surface area (Å²) in [6.07, 6.45) is 0.0563. The highest BCUT2D eigenvalue weighted by atomic mass is 79.9. The zero-order valence-corrected chi connectivity index (χ0v) is 11.9. The Balaban J connectivity index is 2.35. The van der Waals surface area contributed by atoms with Gasteiger partial charge in [-0.25, -0.2) is 0 Å². The number of rotatable bonds is 3. The molecule has 0 spiro atoms. The summed E-state index contributed by atoms with van der Waals surface area (Å²) in [6.45, 7) is 1.35. The molecule has 1 aromatic rings. The van der Waals surface area contributed by atoms with E-state index < -0.39 is 11.3 Å². The molecular weight excluding hydrogens is 312 g/mol. The molecule has 1 fully saturated rings. The van der Waals surface area contributed by atoms with E-state index in [9.17, 15) is 14.4 Å². The molecule has 0 unspecified atom stereocenters. The maximum atomic E-state index is 12.3. The van der Waals surface area contributed by atoms with Crippen LogP contribution in [0.2, 0.25) is 0 Å². The van der Waals surface area contributed by atoms with Gasteiger partial charge in [-0.1, -0.05) is 28.1 Å².